The number of benzene rings is 1. The number of aromatic nitrogens is 2. The van der Waals surface area contributed by atoms with Crippen LogP contribution in [0.15, 0.2) is 36.7 Å². The molecule has 0 aliphatic rings. The summed E-state index contributed by atoms with van der Waals surface area (Å²) in [5.74, 6) is 6.59. The number of nitrogens with two attached hydrogens (primary N) is 1. The number of ether oxygens (including phenoxy) is 1. The van der Waals surface area contributed by atoms with Crippen molar-refractivity contribution in [3.63, 3.8) is 0 Å². The lowest BCUT2D eigenvalue weighted by Gasteiger charge is -2.17. The summed E-state index contributed by atoms with van der Waals surface area (Å²) in [6.45, 7) is 6.98. The zero-order chi connectivity index (χ0) is 15.2. The molecule has 0 saturated carbocycles. The highest BCUT2D eigenvalue weighted by atomic mass is 16.5. The average Bonchev–Trinajstić information content (AvgIpc) is 2.92. The van der Waals surface area contributed by atoms with Gasteiger partial charge in [-0.15, -0.1) is 0 Å². The molecule has 0 bridgehead atoms. The van der Waals surface area contributed by atoms with E-state index < -0.39 is 0 Å². The van der Waals surface area contributed by atoms with E-state index in [1.807, 2.05) is 42.9 Å². The van der Waals surface area contributed by atoms with Crippen molar-refractivity contribution in [3.8, 4) is 5.75 Å². The van der Waals surface area contributed by atoms with E-state index in [0.717, 1.165) is 29.8 Å². The summed E-state index contributed by atoms with van der Waals surface area (Å²) >= 11 is 0. The van der Waals surface area contributed by atoms with Crippen LogP contribution in [0.25, 0.3) is 0 Å². The Bertz CT molecular complexity index is 565. The van der Waals surface area contributed by atoms with E-state index >= 15 is 0 Å². The molecule has 0 aliphatic carbocycles. The molecule has 2 aromatic rings. The minimum atomic E-state index is 0.0372. The van der Waals surface area contributed by atoms with Crippen LogP contribution < -0.4 is 16.0 Å². The van der Waals surface area contributed by atoms with Gasteiger partial charge in [-0.1, -0.05) is 12.1 Å². The molecule has 1 atom stereocenters. The molecule has 0 saturated heterocycles. The minimum absolute atomic E-state index is 0.0372. The van der Waals surface area contributed by atoms with E-state index in [2.05, 4.69) is 29.7 Å². The van der Waals surface area contributed by atoms with Crippen molar-refractivity contribution in [1.82, 2.24) is 15.2 Å². The first kappa shape index (κ1) is 15.5. The first-order valence-corrected chi connectivity index (χ1v) is 7.36. The smallest absolute Gasteiger partial charge is 0.120 e. The molecule has 21 heavy (non-hydrogen) atoms. The molecule has 1 unspecified atom stereocenters. The molecule has 0 spiro atoms. The van der Waals surface area contributed by atoms with E-state index in [-0.39, 0.29) is 12.1 Å². The highest BCUT2D eigenvalue weighted by molar-refractivity contribution is 5.31. The van der Waals surface area contributed by atoms with Crippen LogP contribution in [0.3, 0.4) is 0 Å². The van der Waals surface area contributed by atoms with Gasteiger partial charge in [0.05, 0.1) is 18.3 Å². The van der Waals surface area contributed by atoms with Crippen LogP contribution in [0.2, 0.25) is 0 Å². The fraction of sp³-hybridized carbons (Fsp3) is 0.438. The first-order chi connectivity index (χ1) is 10.1. The summed E-state index contributed by atoms with van der Waals surface area (Å²) in [7, 11) is 0. The first-order valence-electron chi connectivity index (χ1n) is 7.36. The predicted octanol–water partition coefficient (Wildman–Crippen LogP) is 2.44. The van der Waals surface area contributed by atoms with Gasteiger partial charge in [-0.3, -0.25) is 16.0 Å². The molecule has 114 valence electrons. The minimum Gasteiger partial charge on any atom is -0.491 e. The van der Waals surface area contributed by atoms with Crippen molar-refractivity contribution in [2.45, 2.75) is 45.9 Å². The van der Waals surface area contributed by atoms with Gasteiger partial charge >= 0.3 is 0 Å². The summed E-state index contributed by atoms with van der Waals surface area (Å²) < 4.78 is 7.65. The topological polar surface area (TPSA) is 65.1 Å². The van der Waals surface area contributed by atoms with Crippen molar-refractivity contribution in [1.29, 1.82) is 0 Å². The summed E-state index contributed by atoms with van der Waals surface area (Å²) in [6.07, 6.45) is 4.90. The third-order valence-corrected chi connectivity index (χ3v) is 3.28. The Labute approximate surface area is 126 Å². The average molecular weight is 288 g/mol. The maximum atomic E-state index is 5.74. The normalized spacial score (nSPS) is 12.6. The lowest BCUT2D eigenvalue weighted by Crippen LogP contribution is -2.29. The third-order valence-electron chi connectivity index (χ3n) is 3.28. The Morgan fingerprint density at radius 2 is 2.19 bits per heavy atom. The second-order valence-electron chi connectivity index (χ2n) is 5.37. The molecular formula is C16H24N4O. The number of nitrogens with zero attached hydrogens (tertiary/aromatic N) is 2. The number of nitrogens with one attached hydrogen (secondary N) is 1. The Kier molecular flexibility index (Phi) is 5.36. The largest absolute Gasteiger partial charge is 0.491 e. The number of hydrogen-bond donors (Lipinski definition) is 2. The van der Waals surface area contributed by atoms with E-state index in [1.54, 1.807) is 0 Å². The fourth-order valence-corrected chi connectivity index (χ4v) is 2.27. The van der Waals surface area contributed by atoms with Crippen molar-refractivity contribution in [2.75, 3.05) is 0 Å². The predicted molar refractivity (Wildman–Crippen MR) is 83.9 cm³/mol. The number of hydrazine groups is 1. The number of hydrogen-bond acceptors (Lipinski definition) is 4. The quantitative estimate of drug-likeness (QED) is 0.606. The van der Waals surface area contributed by atoms with Crippen LogP contribution in [0.4, 0.5) is 0 Å². The van der Waals surface area contributed by atoms with Gasteiger partial charge in [0, 0.05) is 12.7 Å². The maximum absolute atomic E-state index is 5.74. The Hall–Kier alpha value is -1.85. The van der Waals surface area contributed by atoms with Gasteiger partial charge in [-0.25, -0.2) is 0 Å². The van der Waals surface area contributed by atoms with Crippen LogP contribution in [-0.4, -0.2) is 15.9 Å². The van der Waals surface area contributed by atoms with Gasteiger partial charge in [0.2, 0.25) is 0 Å². The van der Waals surface area contributed by atoms with Crippen LogP contribution in [-0.2, 0) is 13.0 Å². The van der Waals surface area contributed by atoms with Gasteiger partial charge in [-0.05, 0) is 50.5 Å². The number of rotatable bonds is 7. The summed E-state index contributed by atoms with van der Waals surface area (Å²) in [4.78, 5) is 0. The summed E-state index contributed by atoms with van der Waals surface area (Å²) in [5, 5.41) is 4.30. The van der Waals surface area contributed by atoms with Gasteiger partial charge in [0.1, 0.15) is 5.75 Å². The molecule has 0 radical (unpaired) electrons. The Morgan fingerprint density at radius 3 is 2.81 bits per heavy atom. The van der Waals surface area contributed by atoms with E-state index in [4.69, 9.17) is 10.6 Å². The molecule has 5 heteroatoms. The van der Waals surface area contributed by atoms with Gasteiger partial charge < -0.3 is 4.74 Å². The molecule has 1 aromatic carbocycles. The van der Waals surface area contributed by atoms with Crippen LogP contribution in [0.1, 0.15) is 37.9 Å². The lowest BCUT2D eigenvalue weighted by molar-refractivity contribution is 0.242. The molecule has 0 amide bonds. The number of aryl methyl sites for hydroxylation is 1. The van der Waals surface area contributed by atoms with Crippen LogP contribution >= 0.6 is 0 Å². The molecule has 1 aromatic heterocycles. The van der Waals surface area contributed by atoms with Crippen molar-refractivity contribution >= 4 is 0 Å². The molecular weight excluding hydrogens is 264 g/mol. The van der Waals surface area contributed by atoms with Gasteiger partial charge in [0.25, 0.3) is 0 Å². The second kappa shape index (κ2) is 7.24. The monoisotopic (exact) mass is 288 g/mol. The zero-order valence-corrected chi connectivity index (χ0v) is 12.9. The van der Waals surface area contributed by atoms with Crippen molar-refractivity contribution in [3.05, 3.63) is 47.8 Å². The standard InChI is InChI=1S/C16H24N4O/c1-4-20-11-13(10-18-20)8-16(19-17)14-6-5-7-15(9-14)21-12(2)3/h5-7,9-12,16,19H,4,8,17H2,1-3H3. The molecule has 2 rings (SSSR count). The fourth-order valence-electron chi connectivity index (χ4n) is 2.27. The summed E-state index contributed by atoms with van der Waals surface area (Å²) in [5.41, 5.74) is 5.16. The SMILES string of the molecule is CCn1cc(CC(NN)c2cccc(OC(C)C)c2)cn1. The van der Waals surface area contributed by atoms with Crippen LogP contribution in [0, 0.1) is 0 Å². The van der Waals surface area contributed by atoms with Gasteiger partial charge in [0.15, 0.2) is 0 Å². The van der Waals surface area contributed by atoms with E-state index in [1.165, 1.54) is 0 Å². The molecule has 3 N–H and O–H groups in total. The second-order valence-corrected chi connectivity index (χ2v) is 5.37. The highest BCUT2D eigenvalue weighted by Gasteiger charge is 2.13. The van der Waals surface area contributed by atoms with E-state index in [9.17, 15) is 0 Å². The van der Waals surface area contributed by atoms with Crippen LogP contribution in [0.5, 0.6) is 5.75 Å². The molecule has 0 fully saturated rings. The van der Waals surface area contributed by atoms with Crippen molar-refractivity contribution in [2.24, 2.45) is 5.84 Å². The maximum Gasteiger partial charge on any atom is 0.120 e. The lowest BCUT2D eigenvalue weighted by atomic mass is 10.0. The molecule has 1 heterocycles. The Balaban J connectivity index is 2.12. The molecule has 0 aliphatic heterocycles. The third kappa shape index (κ3) is 4.31. The Morgan fingerprint density at radius 1 is 1.38 bits per heavy atom. The van der Waals surface area contributed by atoms with Crippen molar-refractivity contribution < 1.29 is 4.74 Å². The highest BCUT2D eigenvalue weighted by Crippen LogP contribution is 2.22. The van der Waals surface area contributed by atoms with Gasteiger partial charge in [-0.2, -0.15) is 5.10 Å². The zero-order valence-electron chi connectivity index (χ0n) is 12.9. The summed E-state index contributed by atoms with van der Waals surface area (Å²) in [6, 6.07) is 8.09. The van der Waals surface area contributed by atoms with E-state index in [0.29, 0.717) is 0 Å². The molecule has 5 nitrogen and oxygen atoms in total.